The Morgan fingerprint density at radius 3 is 2.72 bits per heavy atom. The average Bonchev–Trinajstić information content (AvgIpc) is 2.68. The van der Waals surface area contributed by atoms with Gasteiger partial charge < -0.3 is 9.72 Å². The van der Waals surface area contributed by atoms with Crippen LogP contribution in [0.5, 0.6) is 5.75 Å². The lowest BCUT2D eigenvalue weighted by atomic mass is 10.1. The predicted octanol–water partition coefficient (Wildman–Crippen LogP) is 1.67. The van der Waals surface area contributed by atoms with Crippen LogP contribution < -0.4 is 16.0 Å². The molecule has 96 valence electrons. The van der Waals surface area contributed by atoms with Crippen molar-refractivity contribution in [2.75, 3.05) is 0 Å². The van der Waals surface area contributed by atoms with E-state index in [1.165, 1.54) is 12.3 Å². The molecule has 0 aliphatic heterocycles. The number of hydrogen-bond donors (Lipinski definition) is 3. The van der Waals surface area contributed by atoms with Crippen molar-refractivity contribution in [3.63, 3.8) is 0 Å². The van der Waals surface area contributed by atoms with Crippen LogP contribution in [0, 0.1) is 0 Å². The summed E-state index contributed by atoms with van der Waals surface area (Å²) in [6.07, 6.45) is -3.40. The predicted molar refractivity (Wildman–Crippen MR) is 56.6 cm³/mol. The highest BCUT2D eigenvalue weighted by atomic mass is 19.4. The highest BCUT2D eigenvalue weighted by Gasteiger charge is 2.31. The molecular formula is C10H8F3N3O2. The molecule has 0 aliphatic rings. The van der Waals surface area contributed by atoms with Gasteiger partial charge >= 0.3 is 6.36 Å². The molecular weight excluding hydrogens is 251 g/mol. The standard InChI is InChI=1S/C10H8F3N3O2/c11-10(12,13)18-5-1-2-6-7(9(17)16-14)4-15-8(6)3-5/h1-4,15H,14H2,(H,16,17). The molecule has 1 amide bonds. The minimum Gasteiger partial charge on any atom is -0.406 e. The van der Waals surface area contributed by atoms with Gasteiger partial charge in [-0.1, -0.05) is 0 Å². The third kappa shape index (κ3) is 2.38. The Morgan fingerprint density at radius 1 is 1.39 bits per heavy atom. The number of halogens is 3. The number of carbonyl (C=O) groups is 1. The Labute approximate surface area is 98.7 Å². The number of aromatic amines is 1. The van der Waals surface area contributed by atoms with Gasteiger partial charge in [-0.3, -0.25) is 10.2 Å². The molecule has 1 aromatic heterocycles. The fraction of sp³-hybridized carbons (Fsp3) is 0.100. The number of fused-ring (bicyclic) bond motifs is 1. The van der Waals surface area contributed by atoms with Gasteiger partial charge in [0.05, 0.1) is 5.56 Å². The lowest BCUT2D eigenvalue weighted by molar-refractivity contribution is -0.274. The maximum atomic E-state index is 12.0. The summed E-state index contributed by atoms with van der Waals surface area (Å²) in [5.41, 5.74) is 2.53. The minimum absolute atomic E-state index is 0.242. The molecule has 0 bridgehead atoms. The Bertz CT molecular complexity index is 592. The molecule has 18 heavy (non-hydrogen) atoms. The molecule has 8 heteroatoms. The van der Waals surface area contributed by atoms with Crippen molar-refractivity contribution in [2.45, 2.75) is 6.36 Å². The summed E-state index contributed by atoms with van der Waals surface area (Å²) in [5, 5.41) is 0.451. The van der Waals surface area contributed by atoms with Crippen LogP contribution in [0.1, 0.15) is 10.4 Å². The van der Waals surface area contributed by atoms with Crippen molar-refractivity contribution < 1.29 is 22.7 Å². The summed E-state index contributed by atoms with van der Waals surface area (Å²) < 4.78 is 39.8. The number of nitrogen functional groups attached to an aromatic ring is 1. The second-order valence-corrected chi connectivity index (χ2v) is 3.43. The molecule has 0 radical (unpaired) electrons. The second kappa shape index (κ2) is 4.22. The Morgan fingerprint density at radius 2 is 2.11 bits per heavy atom. The van der Waals surface area contributed by atoms with Gasteiger partial charge in [0.15, 0.2) is 0 Å². The maximum Gasteiger partial charge on any atom is 0.573 e. The SMILES string of the molecule is NNC(=O)c1c[nH]c2cc(OC(F)(F)F)ccc12. The first kappa shape index (κ1) is 12.2. The van der Waals surface area contributed by atoms with Crippen LogP contribution in [0.2, 0.25) is 0 Å². The maximum absolute atomic E-state index is 12.0. The smallest absolute Gasteiger partial charge is 0.406 e. The molecule has 0 atom stereocenters. The zero-order valence-electron chi connectivity index (χ0n) is 8.84. The molecule has 0 saturated heterocycles. The number of aromatic nitrogens is 1. The van der Waals surface area contributed by atoms with Crippen molar-refractivity contribution in [2.24, 2.45) is 5.84 Å². The zero-order valence-corrected chi connectivity index (χ0v) is 8.84. The molecule has 0 aliphatic carbocycles. The highest BCUT2D eigenvalue weighted by molar-refractivity contribution is 6.06. The molecule has 0 unspecified atom stereocenters. The molecule has 0 saturated carbocycles. The van der Waals surface area contributed by atoms with E-state index in [1.54, 1.807) is 0 Å². The largest absolute Gasteiger partial charge is 0.573 e. The van der Waals surface area contributed by atoms with Crippen molar-refractivity contribution in [1.29, 1.82) is 0 Å². The number of ether oxygens (including phenoxy) is 1. The van der Waals surface area contributed by atoms with Gasteiger partial charge in [-0.05, 0) is 12.1 Å². The molecule has 2 rings (SSSR count). The molecule has 0 fully saturated rings. The number of rotatable bonds is 2. The van der Waals surface area contributed by atoms with Crippen LogP contribution in [0.25, 0.3) is 10.9 Å². The number of alkyl halides is 3. The van der Waals surface area contributed by atoms with Crippen molar-refractivity contribution >= 4 is 16.8 Å². The van der Waals surface area contributed by atoms with Gasteiger partial charge in [-0.15, -0.1) is 13.2 Å². The Hall–Kier alpha value is -2.22. The lowest BCUT2D eigenvalue weighted by Crippen LogP contribution is -2.29. The van der Waals surface area contributed by atoms with E-state index in [9.17, 15) is 18.0 Å². The van der Waals surface area contributed by atoms with Gasteiger partial charge in [0.25, 0.3) is 5.91 Å². The molecule has 1 heterocycles. The fourth-order valence-electron chi connectivity index (χ4n) is 1.57. The monoisotopic (exact) mass is 259 g/mol. The third-order valence-electron chi connectivity index (χ3n) is 2.26. The van der Waals surface area contributed by atoms with Crippen LogP contribution in [-0.4, -0.2) is 17.3 Å². The van der Waals surface area contributed by atoms with Crippen molar-refractivity contribution in [3.05, 3.63) is 30.0 Å². The molecule has 2 aromatic rings. The quantitative estimate of drug-likeness (QED) is 0.436. The lowest BCUT2D eigenvalue weighted by Gasteiger charge is -2.08. The van der Waals surface area contributed by atoms with Gasteiger partial charge in [-0.2, -0.15) is 0 Å². The van der Waals surface area contributed by atoms with E-state index in [4.69, 9.17) is 5.84 Å². The molecule has 4 N–H and O–H groups in total. The number of nitrogens with two attached hydrogens (primary N) is 1. The van der Waals surface area contributed by atoms with E-state index in [0.29, 0.717) is 10.9 Å². The first-order chi connectivity index (χ1) is 8.40. The first-order valence-electron chi connectivity index (χ1n) is 4.78. The number of hydrogen-bond acceptors (Lipinski definition) is 3. The van der Waals surface area contributed by atoms with E-state index in [0.717, 1.165) is 12.1 Å². The summed E-state index contributed by atoms with van der Waals surface area (Å²) in [4.78, 5) is 14.0. The van der Waals surface area contributed by atoms with E-state index < -0.39 is 12.3 Å². The van der Waals surface area contributed by atoms with Gasteiger partial charge in [0, 0.05) is 23.2 Å². The Balaban J connectivity index is 2.40. The Kier molecular flexibility index (Phi) is 2.87. The van der Waals surface area contributed by atoms with Crippen LogP contribution in [0.4, 0.5) is 13.2 Å². The normalized spacial score (nSPS) is 11.6. The summed E-state index contributed by atoms with van der Waals surface area (Å²) in [5.74, 6) is 4.08. The van der Waals surface area contributed by atoms with Crippen LogP contribution in [-0.2, 0) is 0 Å². The second-order valence-electron chi connectivity index (χ2n) is 3.43. The van der Waals surface area contributed by atoms with Gasteiger partial charge in [0.1, 0.15) is 5.75 Å². The number of H-pyrrole nitrogens is 1. The van der Waals surface area contributed by atoms with Crippen LogP contribution in [0.3, 0.4) is 0 Å². The van der Waals surface area contributed by atoms with Gasteiger partial charge in [-0.25, -0.2) is 5.84 Å². The zero-order chi connectivity index (χ0) is 13.3. The summed E-state index contributed by atoms with van der Waals surface area (Å²) in [6.45, 7) is 0. The van der Waals surface area contributed by atoms with Crippen LogP contribution in [0.15, 0.2) is 24.4 Å². The first-order valence-corrected chi connectivity index (χ1v) is 4.78. The van der Waals surface area contributed by atoms with E-state index in [1.807, 2.05) is 5.43 Å². The molecule has 0 spiro atoms. The number of nitrogens with one attached hydrogen (secondary N) is 2. The minimum atomic E-state index is -4.75. The van der Waals surface area contributed by atoms with Crippen molar-refractivity contribution in [3.8, 4) is 5.75 Å². The average molecular weight is 259 g/mol. The summed E-state index contributed by atoms with van der Waals surface area (Å²) in [6, 6.07) is 3.62. The summed E-state index contributed by atoms with van der Waals surface area (Å²) in [7, 11) is 0. The highest BCUT2D eigenvalue weighted by Crippen LogP contribution is 2.27. The van der Waals surface area contributed by atoms with E-state index >= 15 is 0 Å². The van der Waals surface area contributed by atoms with E-state index in [-0.39, 0.29) is 11.3 Å². The number of carbonyl (C=O) groups excluding carboxylic acids is 1. The number of benzene rings is 1. The van der Waals surface area contributed by atoms with Crippen LogP contribution >= 0.6 is 0 Å². The topological polar surface area (TPSA) is 80.1 Å². The van der Waals surface area contributed by atoms with Gasteiger partial charge in [0.2, 0.25) is 0 Å². The summed E-state index contributed by atoms with van der Waals surface area (Å²) >= 11 is 0. The fourth-order valence-corrected chi connectivity index (χ4v) is 1.57. The van der Waals surface area contributed by atoms with Crippen molar-refractivity contribution in [1.82, 2.24) is 10.4 Å². The molecule has 5 nitrogen and oxygen atoms in total. The van der Waals surface area contributed by atoms with E-state index in [2.05, 4.69) is 9.72 Å². The molecule has 1 aromatic carbocycles. The number of hydrazine groups is 1. The third-order valence-corrected chi connectivity index (χ3v) is 2.26. The number of amides is 1.